The minimum absolute atomic E-state index is 0.552. The van der Waals surface area contributed by atoms with Gasteiger partial charge in [0, 0.05) is 12.5 Å². The first-order chi connectivity index (χ1) is 10.1. The lowest BCUT2D eigenvalue weighted by Gasteiger charge is -2.36. The smallest absolute Gasteiger partial charge is 0.205 e. The second-order valence-corrected chi connectivity index (χ2v) is 7.58. The summed E-state index contributed by atoms with van der Waals surface area (Å²) in [6.45, 7) is 6.57. The number of anilines is 1. The highest BCUT2D eigenvalue weighted by atomic mass is 32.1. The topological polar surface area (TPSA) is 37.8 Å². The first-order valence-electron chi connectivity index (χ1n) is 7.75. The van der Waals surface area contributed by atoms with Crippen LogP contribution in [0.4, 0.5) is 5.13 Å². The molecule has 0 radical (unpaired) electrons. The van der Waals surface area contributed by atoms with E-state index in [1.165, 1.54) is 24.0 Å². The number of aryl methyl sites for hydroxylation is 1. The zero-order valence-corrected chi connectivity index (χ0v) is 13.8. The molecule has 0 saturated heterocycles. The highest BCUT2D eigenvalue weighted by Gasteiger charge is 2.30. The van der Waals surface area contributed by atoms with Crippen molar-refractivity contribution >= 4 is 16.5 Å². The lowest BCUT2D eigenvalue weighted by molar-refractivity contribution is 0.374. The molecule has 0 unspecified atom stereocenters. The van der Waals surface area contributed by atoms with Crippen LogP contribution in [0.2, 0.25) is 0 Å². The molecule has 0 amide bonds. The maximum absolute atomic E-state index is 4.26. The van der Waals surface area contributed by atoms with Gasteiger partial charge in [0.2, 0.25) is 5.13 Å². The van der Waals surface area contributed by atoms with Crippen LogP contribution in [-0.2, 0) is 6.42 Å². The van der Waals surface area contributed by atoms with Gasteiger partial charge < -0.3 is 5.32 Å². The van der Waals surface area contributed by atoms with Crippen molar-refractivity contribution in [2.45, 2.75) is 52.0 Å². The van der Waals surface area contributed by atoms with Crippen molar-refractivity contribution in [1.82, 2.24) is 10.2 Å². The van der Waals surface area contributed by atoms with Gasteiger partial charge in [0.05, 0.1) is 0 Å². The summed E-state index contributed by atoms with van der Waals surface area (Å²) in [6, 6.07) is 9.50. The van der Waals surface area contributed by atoms with Gasteiger partial charge in [-0.3, -0.25) is 0 Å². The predicted molar refractivity (Wildman–Crippen MR) is 89.0 cm³/mol. The SMILES string of the molecule is Cc1ccc(C2CC(Nc3nnc(CC(C)C)s3)C2)cc1. The average molecular weight is 301 g/mol. The first-order valence-corrected chi connectivity index (χ1v) is 8.57. The van der Waals surface area contributed by atoms with E-state index >= 15 is 0 Å². The van der Waals surface area contributed by atoms with Gasteiger partial charge >= 0.3 is 0 Å². The van der Waals surface area contributed by atoms with Crippen LogP contribution in [0.5, 0.6) is 0 Å². The van der Waals surface area contributed by atoms with Gasteiger partial charge in [0.15, 0.2) is 0 Å². The van der Waals surface area contributed by atoms with E-state index in [0.29, 0.717) is 17.9 Å². The van der Waals surface area contributed by atoms with Crippen molar-refractivity contribution in [3.63, 3.8) is 0 Å². The van der Waals surface area contributed by atoms with Crippen LogP contribution >= 0.6 is 11.3 Å². The van der Waals surface area contributed by atoms with Crippen LogP contribution in [-0.4, -0.2) is 16.2 Å². The molecule has 21 heavy (non-hydrogen) atoms. The van der Waals surface area contributed by atoms with Crippen molar-refractivity contribution in [2.75, 3.05) is 5.32 Å². The molecule has 0 spiro atoms. The normalized spacial score (nSPS) is 21.3. The van der Waals surface area contributed by atoms with Crippen molar-refractivity contribution < 1.29 is 0 Å². The number of nitrogens with zero attached hydrogens (tertiary/aromatic N) is 2. The van der Waals surface area contributed by atoms with Gasteiger partial charge in [-0.25, -0.2) is 0 Å². The fraction of sp³-hybridized carbons (Fsp3) is 0.529. The molecule has 1 saturated carbocycles. The van der Waals surface area contributed by atoms with Gasteiger partial charge in [-0.2, -0.15) is 0 Å². The van der Waals surface area contributed by atoms with E-state index in [-0.39, 0.29) is 0 Å². The standard InChI is InChI=1S/C17H23N3S/c1-11(2)8-16-19-20-17(21-16)18-15-9-14(10-15)13-6-4-12(3)5-7-13/h4-7,11,14-15H,8-10H2,1-3H3,(H,18,20). The zero-order chi connectivity index (χ0) is 14.8. The summed E-state index contributed by atoms with van der Waals surface area (Å²) in [5.41, 5.74) is 2.80. The Kier molecular flexibility index (Phi) is 4.24. The van der Waals surface area contributed by atoms with E-state index in [1.54, 1.807) is 11.3 Å². The molecule has 0 bridgehead atoms. The fourth-order valence-corrected chi connectivity index (χ4v) is 3.79. The third kappa shape index (κ3) is 3.62. The number of nitrogens with one attached hydrogen (secondary N) is 1. The number of hydrogen-bond donors (Lipinski definition) is 1. The molecular formula is C17H23N3S. The van der Waals surface area contributed by atoms with Gasteiger partial charge in [0.25, 0.3) is 0 Å². The van der Waals surface area contributed by atoms with Crippen LogP contribution in [0.25, 0.3) is 0 Å². The summed E-state index contributed by atoms with van der Waals surface area (Å²) in [4.78, 5) is 0. The summed E-state index contributed by atoms with van der Waals surface area (Å²) in [5.74, 6) is 1.34. The summed E-state index contributed by atoms with van der Waals surface area (Å²) >= 11 is 1.70. The highest BCUT2D eigenvalue weighted by Crippen LogP contribution is 2.38. The Morgan fingerprint density at radius 2 is 1.90 bits per heavy atom. The molecule has 1 heterocycles. The molecular weight excluding hydrogens is 278 g/mol. The lowest BCUT2D eigenvalue weighted by atomic mass is 9.76. The molecule has 1 aliphatic carbocycles. The van der Waals surface area contributed by atoms with Crippen molar-refractivity contribution in [3.8, 4) is 0 Å². The van der Waals surface area contributed by atoms with Crippen molar-refractivity contribution in [1.29, 1.82) is 0 Å². The van der Waals surface area contributed by atoms with Gasteiger partial charge in [0.1, 0.15) is 5.01 Å². The molecule has 1 fully saturated rings. The quantitative estimate of drug-likeness (QED) is 0.889. The van der Waals surface area contributed by atoms with Gasteiger partial charge in [-0.1, -0.05) is 55.0 Å². The average Bonchev–Trinajstić information content (AvgIpc) is 2.81. The molecule has 3 rings (SSSR count). The Hall–Kier alpha value is -1.42. The van der Waals surface area contributed by atoms with E-state index < -0.39 is 0 Å². The number of rotatable bonds is 5. The minimum Gasteiger partial charge on any atom is -0.357 e. The van der Waals surface area contributed by atoms with Gasteiger partial charge in [-0.05, 0) is 37.2 Å². The molecule has 1 aromatic heterocycles. The van der Waals surface area contributed by atoms with Crippen molar-refractivity contribution in [2.24, 2.45) is 5.92 Å². The molecule has 2 aromatic rings. The third-order valence-corrected chi connectivity index (χ3v) is 4.94. The molecule has 0 aliphatic heterocycles. The zero-order valence-electron chi connectivity index (χ0n) is 13.0. The van der Waals surface area contributed by atoms with E-state index in [4.69, 9.17) is 0 Å². The second-order valence-electron chi connectivity index (χ2n) is 6.52. The summed E-state index contributed by atoms with van der Waals surface area (Å²) in [5, 5.41) is 14.2. The summed E-state index contributed by atoms with van der Waals surface area (Å²) < 4.78 is 0. The molecule has 1 aliphatic rings. The molecule has 0 atom stereocenters. The Morgan fingerprint density at radius 1 is 1.19 bits per heavy atom. The molecule has 1 aromatic carbocycles. The monoisotopic (exact) mass is 301 g/mol. The Bertz CT molecular complexity index is 582. The molecule has 1 N–H and O–H groups in total. The number of aromatic nitrogens is 2. The molecule has 112 valence electrons. The largest absolute Gasteiger partial charge is 0.357 e. The van der Waals surface area contributed by atoms with Crippen LogP contribution in [0.1, 0.15) is 48.7 Å². The van der Waals surface area contributed by atoms with Crippen LogP contribution in [0, 0.1) is 12.8 Å². The Labute approximate surface area is 130 Å². The highest BCUT2D eigenvalue weighted by molar-refractivity contribution is 7.15. The van der Waals surface area contributed by atoms with E-state index in [2.05, 4.69) is 60.6 Å². The van der Waals surface area contributed by atoms with E-state index in [1.807, 2.05) is 0 Å². The molecule has 3 nitrogen and oxygen atoms in total. The maximum Gasteiger partial charge on any atom is 0.205 e. The van der Waals surface area contributed by atoms with Crippen molar-refractivity contribution in [3.05, 3.63) is 40.4 Å². The van der Waals surface area contributed by atoms with Crippen LogP contribution in [0.3, 0.4) is 0 Å². The van der Waals surface area contributed by atoms with Gasteiger partial charge in [-0.15, -0.1) is 10.2 Å². The van der Waals surface area contributed by atoms with Crippen LogP contribution in [0.15, 0.2) is 24.3 Å². The third-order valence-electron chi connectivity index (χ3n) is 4.06. The summed E-state index contributed by atoms with van der Waals surface area (Å²) in [7, 11) is 0. The fourth-order valence-electron chi connectivity index (χ4n) is 2.76. The summed E-state index contributed by atoms with van der Waals surface area (Å²) in [6.07, 6.45) is 3.42. The minimum atomic E-state index is 0.552. The Morgan fingerprint density at radius 3 is 2.57 bits per heavy atom. The lowest BCUT2D eigenvalue weighted by Crippen LogP contribution is -2.33. The first kappa shape index (κ1) is 14.5. The van der Waals surface area contributed by atoms with Crippen LogP contribution < -0.4 is 5.32 Å². The second kappa shape index (κ2) is 6.14. The number of hydrogen-bond acceptors (Lipinski definition) is 4. The van der Waals surface area contributed by atoms with E-state index in [9.17, 15) is 0 Å². The molecule has 4 heteroatoms. The Balaban J connectivity index is 1.50. The van der Waals surface area contributed by atoms with E-state index in [0.717, 1.165) is 16.6 Å². The predicted octanol–water partition coefficient (Wildman–Crippen LogP) is 4.40. The maximum atomic E-state index is 4.26. The number of benzene rings is 1.